The first-order valence-corrected chi connectivity index (χ1v) is 7.62. The zero-order chi connectivity index (χ0) is 16.7. The number of fused-ring (bicyclic) bond motifs is 1. The Labute approximate surface area is 137 Å². The highest BCUT2D eigenvalue weighted by molar-refractivity contribution is 5.52. The van der Waals surface area contributed by atoms with Crippen molar-refractivity contribution in [2.75, 3.05) is 0 Å². The number of hydrogen-bond acceptors (Lipinski definition) is 7. The van der Waals surface area contributed by atoms with Gasteiger partial charge in [-0.05, 0) is 19.1 Å². The summed E-state index contributed by atoms with van der Waals surface area (Å²) < 4.78 is 6.91. The van der Waals surface area contributed by atoms with E-state index in [1.54, 1.807) is 24.0 Å². The molecule has 0 aromatic carbocycles. The third-order valence-electron chi connectivity index (χ3n) is 4.21. The van der Waals surface area contributed by atoms with E-state index in [4.69, 9.17) is 4.52 Å². The van der Waals surface area contributed by atoms with Gasteiger partial charge in [0.25, 0.3) is 5.56 Å². The fourth-order valence-corrected chi connectivity index (χ4v) is 2.83. The number of hydrogen-bond donors (Lipinski definition) is 0. The average Bonchev–Trinajstić information content (AvgIpc) is 3.21. The molecule has 0 atom stereocenters. The first-order chi connectivity index (χ1) is 11.6. The molecule has 8 heteroatoms. The molecule has 0 N–H and O–H groups in total. The lowest BCUT2D eigenvalue weighted by atomic mass is 10.2. The summed E-state index contributed by atoms with van der Waals surface area (Å²) in [6.07, 6.45) is 3.37. The van der Waals surface area contributed by atoms with Gasteiger partial charge in [0, 0.05) is 38.1 Å². The fourth-order valence-electron chi connectivity index (χ4n) is 2.83. The molecule has 122 valence electrons. The van der Waals surface area contributed by atoms with Crippen molar-refractivity contribution < 1.29 is 4.52 Å². The van der Waals surface area contributed by atoms with Gasteiger partial charge in [0.05, 0.1) is 17.8 Å². The average molecular weight is 324 g/mol. The molecule has 0 unspecified atom stereocenters. The van der Waals surface area contributed by atoms with Crippen LogP contribution in [0.25, 0.3) is 11.4 Å². The van der Waals surface area contributed by atoms with Gasteiger partial charge < -0.3 is 4.52 Å². The van der Waals surface area contributed by atoms with E-state index in [-0.39, 0.29) is 5.56 Å². The topological polar surface area (TPSA) is 89.9 Å². The molecule has 24 heavy (non-hydrogen) atoms. The SMILES string of the molecule is Cc1nc2c(c(=O)n1C)CN(Cc1nc(-c3ccncc3)no1)C2. The monoisotopic (exact) mass is 324 g/mol. The second-order valence-electron chi connectivity index (χ2n) is 5.84. The summed E-state index contributed by atoms with van der Waals surface area (Å²) >= 11 is 0. The minimum Gasteiger partial charge on any atom is -0.338 e. The van der Waals surface area contributed by atoms with Gasteiger partial charge in [-0.25, -0.2) is 4.98 Å². The summed E-state index contributed by atoms with van der Waals surface area (Å²) in [5.74, 6) is 1.77. The van der Waals surface area contributed by atoms with Crippen LogP contribution in [0.5, 0.6) is 0 Å². The maximum Gasteiger partial charge on any atom is 0.258 e. The summed E-state index contributed by atoms with van der Waals surface area (Å²) in [5, 5.41) is 4.00. The predicted octanol–water partition coefficient (Wildman–Crippen LogP) is 1.05. The minimum atomic E-state index is 0.0167. The quantitative estimate of drug-likeness (QED) is 0.711. The minimum absolute atomic E-state index is 0.0167. The molecule has 1 aliphatic rings. The number of aromatic nitrogens is 5. The highest BCUT2D eigenvalue weighted by atomic mass is 16.5. The van der Waals surface area contributed by atoms with E-state index in [0.29, 0.717) is 31.3 Å². The maximum atomic E-state index is 12.3. The largest absolute Gasteiger partial charge is 0.338 e. The molecule has 4 heterocycles. The first kappa shape index (κ1) is 14.7. The van der Waals surface area contributed by atoms with Crippen LogP contribution in [0.4, 0.5) is 0 Å². The summed E-state index contributed by atoms with van der Waals surface area (Å²) in [5.41, 5.74) is 2.46. The van der Waals surface area contributed by atoms with Crippen LogP contribution < -0.4 is 5.56 Å². The van der Waals surface area contributed by atoms with Crippen LogP contribution >= 0.6 is 0 Å². The zero-order valence-electron chi connectivity index (χ0n) is 13.4. The lowest BCUT2D eigenvalue weighted by Crippen LogP contribution is -2.25. The van der Waals surface area contributed by atoms with Crippen molar-refractivity contribution in [2.24, 2.45) is 7.05 Å². The van der Waals surface area contributed by atoms with Crippen LogP contribution in [-0.2, 0) is 26.7 Å². The Hall–Kier alpha value is -2.87. The Morgan fingerprint density at radius 2 is 2.00 bits per heavy atom. The van der Waals surface area contributed by atoms with Crippen LogP contribution in [-0.4, -0.2) is 29.6 Å². The number of aryl methyl sites for hydroxylation is 1. The highest BCUT2D eigenvalue weighted by Gasteiger charge is 2.26. The van der Waals surface area contributed by atoms with Crippen molar-refractivity contribution in [3.63, 3.8) is 0 Å². The number of pyridine rings is 1. The number of rotatable bonds is 3. The standard InChI is InChI=1S/C16H16N6O2/c1-10-18-13-8-22(7-12(13)16(23)21(10)2)9-14-19-15(20-24-14)11-3-5-17-6-4-11/h3-6H,7-9H2,1-2H3. The second-order valence-corrected chi connectivity index (χ2v) is 5.84. The van der Waals surface area contributed by atoms with Crippen LogP contribution in [0.3, 0.4) is 0 Å². The molecule has 0 radical (unpaired) electrons. The summed E-state index contributed by atoms with van der Waals surface area (Å²) in [7, 11) is 1.74. The van der Waals surface area contributed by atoms with Crippen LogP contribution in [0.15, 0.2) is 33.8 Å². The highest BCUT2D eigenvalue weighted by Crippen LogP contribution is 2.21. The molecular formula is C16H16N6O2. The van der Waals surface area contributed by atoms with E-state index in [2.05, 4.69) is 25.0 Å². The van der Waals surface area contributed by atoms with Crippen molar-refractivity contribution in [3.8, 4) is 11.4 Å². The summed E-state index contributed by atoms with van der Waals surface area (Å²) in [4.78, 5) is 27.3. The van der Waals surface area contributed by atoms with Crippen molar-refractivity contribution in [1.29, 1.82) is 0 Å². The van der Waals surface area contributed by atoms with E-state index in [1.807, 2.05) is 19.1 Å². The molecule has 3 aromatic rings. The predicted molar refractivity (Wildman–Crippen MR) is 84.7 cm³/mol. The van der Waals surface area contributed by atoms with Gasteiger partial charge in [-0.15, -0.1) is 0 Å². The molecule has 0 spiro atoms. The van der Waals surface area contributed by atoms with E-state index < -0.39 is 0 Å². The van der Waals surface area contributed by atoms with Gasteiger partial charge >= 0.3 is 0 Å². The van der Waals surface area contributed by atoms with Crippen molar-refractivity contribution in [3.05, 3.63) is 57.9 Å². The second kappa shape index (κ2) is 5.64. The van der Waals surface area contributed by atoms with Crippen LogP contribution in [0.1, 0.15) is 23.0 Å². The summed E-state index contributed by atoms with van der Waals surface area (Å²) in [6.45, 7) is 3.47. The fraction of sp³-hybridized carbons (Fsp3) is 0.312. The molecule has 0 bridgehead atoms. The number of nitrogens with zero attached hydrogens (tertiary/aromatic N) is 6. The molecule has 3 aromatic heterocycles. The molecule has 0 fully saturated rings. The Balaban J connectivity index is 1.53. The lowest BCUT2D eigenvalue weighted by Gasteiger charge is -2.09. The van der Waals surface area contributed by atoms with Crippen molar-refractivity contribution in [1.82, 2.24) is 29.6 Å². The lowest BCUT2D eigenvalue weighted by molar-refractivity contribution is 0.230. The first-order valence-electron chi connectivity index (χ1n) is 7.62. The zero-order valence-corrected chi connectivity index (χ0v) is 13.4. The van der Waals surface area contributed by atoms with Gasteiger partial charge in [0.1, 0.15) is 5.82 Å². The van der Waals surface area contributed by atoms with Gasteiger partial charge in [0.15, 0.2) is 0 Å². The summed E-state index contributed by atoms with van der Waals surface area (Å²) in [6, 6.07) is 3.66. The molecule has 4 rings (SSSR count). The third kappa shape index (κ3) is 2.50. The van der Waals surface area contributed by atoms with Crippen LogP contribution in [0.2, 0.25) is 0 Å². The van der Waals surface area contributed by atoms with Gasteiger partial charge in [-0.3, -0.25) is 19.2 Å². The Kier molecular flexibility index (Phi) is 3.46. The van der Waals surface area contributed by atoms with Crippen molar-refractivity contribution >= 4 is 0 Å². The van der Waals surface area contributed by atoms with E-state index >= 15 is 0 Å². The smallest absolute Gasteiger partial charge is 0.258 e. The molecule has 8 nitrogen and oxygen atoms in total. The molecule has 0 amide bonds. The van der Waals surface area contributed by atoms with Gasteiger partial charge in [-0.1, -0.05) is 5.16 Å². The molecule has 0 aliphatic carbocycles. The Bertz CT molecular complexity index is 947. The molecular weight excluding hydrogens is 308 g/mol. The third-order valence-corrected chi connectivity index (χ3v) is 4.21. The van der Waals surface area contributed by atoms with E-state index in [1.165, 1.54) is 0 Å². The van der Waals surface area contributed by atoms with Crippen molar-refractivity contribution in [2.45, 2.75) is 26.6 Å². The van der Waals surface area contributed by atoms with E-state index in [9.17, 15) is 4.79 Å². The molecule has 1 aliphatic heterocycles. The Morgan fingerprint density at radius 1 is 1.21 bits per heavy atom. The van der Waals surface area contributed by atoms with Gasteiger partial charge in [-0.2, -0.15) is 4.98 Å². The van der Waals surface area contributed by atoms with E-state index in [0.717, 1.165) is 22.6 Å². The molecule has 0 saturated heterocycles. The molecule has 0 saturated carbocycles. The maximum absolute atomic E-state index is 12.3. The van der Waals surface area contributed by atoms with Gasteiger partial charge in [0.2, 0.25) is 11.7 Å². The van der Waals surface area contributed by atoms with Crippen LogP contribution in [0, 0.1) is 6.92 Å². The Morgan fingerprint density at radius 3 is 2.79 bits per heavy atom. The normalized spacial score (nSPS) is 14.1.